The number of aryl methyl sites for hydroxylation is 1. The SMILES string of the molecule is CCC(C(=O)Nc1ccccc1Cl)N(c1cc([N+](=O)[O-])ccc1C)S(C)(=O)=O. The number of para-hydroxylation sites is 1. The molecule has 28 heavy (non-hydrogen) atoms. The summed E-state index contributed by atoms with van der Waals surface area (Å²) in [6.07, 6.45) is 1.10. The largest absolute Gasteiger partial charge is 0.323 e. The van der Waals surface area contributed by atoms with Gasteiger partial charge in [0, 0.05) is 12.1 Å². The van der Waals surface area contributed by atoms with E-state index in [0.29, 0.717) is 16.3 Å². The average molecular weight is 426 g/mol. The summed E-state index contributed by atoms with van der Waals surface area (Å²) in [5.41, 5.74) is 0.644. The van der Waals surface area contributed by atoms with Gasteiger partial charge in [-0.25, -0.2) is 8.42 Å². The van der Waals surface area contributed by atoms with Crippen LogP contribution in [0.4, 0.5) is 17.1 Å². The van der Waals surface area contributed by atoms with Gasteiger partial charge in [-0.1, -0.05) is 36.7 Å². The van der Waals surface area contributed by atoms with Crippen LogP contribution < -0.4 is 9.62 Å². The lowest BCUT2D eigenvalue weighted by atomic mass is 10.1. The Labute approximate surface area is 168 Å². The van der Waals surface area contributed by atoms with Gasteiger partial charge in [-0.05, 0) is 31.0 Å². The van der Waals surface area contributed by atoms with E-state index < -0.39 is 26.9 Å². The Morgan fingerprint density at radius 2 is 1.93 bits per heavy atom. The van der Waals surface area contributed by atoms with Crippen molar-refractivity contribution in [1.29, 1.82) is 0 Å². The summed E-state index contributed by atoms with van der Waals surface area (Å²) in [7, 11) is -3.92. The van der Waals surface area contributed by atoms with Crippen LogP contribution in [0.3, 0.4) is 0 Å². The first-order valence-electron chi connectivity index (χ1n) is 8.36. The molecule has 0 heterocycles. The highest BCUT2D eigenvalue weighted by atomic mass is 35.5. The second-order valence-electron chi connectivity index (χ2n) is 6.18. The number of anilines is 2. The molecule has 0 bridgehead atoms. The Bertz CT molecular complexity index is 1010. The summed E-state index contributed by atoms with van der Waals surface area (Å²) in [4.78, 5) is 23.4. The summed E-state index contributed by atoms with van der Waals surface area (Å²) in [6.45, 7) is 3.28. The summed E-state index contributed by atoms with van der Waals surface area (Å²) in [5.74, 6) is -0.591. The molecule has 1 unspecified atom stereocenters. The number of non-ortho nitro benzene ring substituents is 1. The van der Waals surface area contributed by atoms with Gasteiger partial charge < -0.3 is 5.32 Å². The van der Waals surface area contributed by atoms with E-state index in [1.807, 2.05) is 0 Å². The molecule has 1 atom stereocenters. The fourth-order valence-electron chi connectivity index (χ4n) is 2.76. The Balaban J connectivity index is 2.52. The van der Waals surface area contributed by atoms with Crippen LogP contribution >= 0.6 is 11.6 Å². The fraction of sp³-hybridized carbons (Fsp3) is 0.278. The number of sulfonamides is 1. The lowest BCUT2D eigenvalue weighted by Gasteiger charge is -2.31. The first-order valence-corrected chi connectivity index (χ1v) is 10.6. The van der Waals surface area contributed by atoms with Crippen molar-refractivity contribution in [3.8, 4) is 0 Å². The van der Waals surface area contributed by atoms with Crippen LogP contribution in [0.15, 0.2) is 42.5 Å². The van der Waals surface area contributed by atoms with Gasteiger partial charge in [-0.2, -0.15) is 0 Å². The molecule has 0 aliphatic rings. The highest BCUT2D eigenvalue weighted by Crippen LogP contribution is 2.31. The highest BCUT2D eigenvalue weighted by molar-refractivity contribution is 7.92. The van der Waals surface area contributed by atoms with Crippen molar-refractivity contribution in [2.45, 2.75) is 26.3 Å². The number of halogens is 1. The van der Waals surface area contributed by atoms with Crippen molar-refractivity contribution in [2.24, 2.45) is 0 Å². The number of nitro benzene ring substituents is 1. The number of benzene rings is 2. The number of hydrogen-bond donors (Lipinski definition) is 1. The van der Waals surface area contributed by atoms with E-state index in [2.05, 4.69) is 5.32 Å². The minimum absolute atomic E-state index is 0.0814. The number of rotatable bonds is 7. The van der Waals surface area contributed by atoms with Crippen molar-refractivity contribution < 1.29 is 18.1 Å². The van der Waals surface area contributed by atoms with Crippen molar-refractivity contribution in [3.63, 3.8) is 0 Å². The molecule has 0 radical (unpaired) electrons. The second kappa shape index (κ2) is 8.57. The van der Waals surface area contributed by atoms with Gasteiger partial charge in [0.1, 0.15) is 6.04 Å². The Hall–Kier alpha value is -2.65. The molecule has 0 aliphatic carbocycles. The molecule has 2 rings (SSSR count). The van der Waals surface area contributed by atoms with Crippen molar-refractivity contribution in [1.82, 2.24) is 0 Å². The normalized spacial score (nSPS) is 12.3. The molecule has 0 spiro atoms. The summed E-state index contributed by atoms with van der Waals surface area (Å²) < 4.78 is 26.0. The first kappa shape index (κ1) is 21.6. The zero-order valence-corrected chi connectivity index (χ0v) is 17.1. The molecule has 0 fully saturated rings. The predicted molar refractivity (Wildman–Crippen MR) is 109 cm³/mol. The number of amides is 1. The zero-order chi connectivity index (χ0) is 21.1. The van der Waals surface area contributed by atoms with Crippen molar-refractivity contribution in [2.75, 3.05) is 15.9 Å². The maximum atomic E-state index is 12.9. The molecule has 0 saturated carbocycles. The lowest BCUT2D eigenvalue weighted by Crippen LogP contribution is -2.47. The van der Waals surface area contributed by atoms with Crippen molar-refractivity contribution in [3.05, 3.63) is 63.2 Å². The molecule has 0 aliphatic heterocycles. The van der Waals surface area contributed by atoms with E-state index in [1.54, 1.807) is 38.1 Å². The van der Waals surface area contributed by atoms with Gasteiger partial charge in [-0.15, -0.1) is 0 Å². The number of nitrogens with one attached hydrogen (secondary N) is 1. The lowest BCUT2D eigenvalue weighted by molar-refractivity contribution is -0.384. The third-order valence-corrected chi connectivity index (χ3v) is 5.60. The standard InChI is InChI=1S/C18H20ClN3O5S/c1-4-16(18(23)20-15-8-6-5-7-14(15)19)21(28(3,26)27)17-11-13(22(24)25)10-9-12(17)2/h5-11,16H,4H2,1-3H3,(H,20,23). The predicted octanol–water partition coefficient (Wildman–Crippen LogP) is 3.74. The zero-order valence-electron chi connectivity index (χ0n) is 15.5. The van der Waals surface area contributed by atoms with Crippen LogP contribution in [0.2, 0.25) is 5.02 Å². The molecule has 2 aromatic rings. The highest BCUT2D eigenvalue weighted by Gasteiger charge is 2.33. The van der Waals surface area contributed by atoms with E-state index in [1.165, 1.54) is 12.1 Å². The molecule has 2 aromatic carbocycles. The van der Waals surface area contributed by atoms with Gasteiger partial charge in [0.25, 0.3) is 5.69 Å². The van der Waals surface area contributed by atoms with Crippen LogP contribution in [0, 0.1) is 17.0 Å². The van der Waals surface area contributed by atoms with Crippen LogP contribution in [0.25, 0.3) is 0 Å². The Morgan fingerprint density at radius 3 is 2.46 bits per heavy atom. The maximum Gasteiger partial charge on any atom is 0.271 e. The first-order chi connectivity index (χ1) is 13.1. The summed E-state index contributed by atoms with van der Waals surface area (Å²) in [6, 6.07) is 9.34. The molecule has 8 nitrogen and oxygen atoms in total. The molecule has 0 aromatic heterocycles. The van der Waals surface area contributed by atoms with E-state index in [-0.39, 0.29) is 17.8 Å². The van der Waals surface area contributed by atoms with Gasteiger partial charge in [-0.3, -0.25) is 19.2 Å². The molecule has 10 heteroatoms. The van der Waals surface area contributed by atoms with Crippen LogP contribution in [-0.2, 0) is 14.8 Å². The third-order valence-electron chi connectivity index (χ3n) is 4.10. The molecule has 150 valence electrons. The molecular formula is C18H20ClN3O5S. The molecule has 1 N–H and O–H groups in total. The van der Waals surface area contributed by atoms with Crippen molar-refractivity contribution >= 4 is 44.6 Å². The quantitative estimate of drug-likeness (QED) is 0.536. The number of hydrogen-bond acceptors (Lipinski definition) is 5. The Kier molecular flexibility index (Phi) is 6.63. The fourth-order valence-corrected chi connectivity index (χ4v) is 4.21. The monoisotopic (exact) mass is 425 g/mol. The summed E-state index contributed by atoms with van der Waals surface area (Å²) >= 11 is 6.06. The second-order valence-corrected chi connectivity index (χ2v) is 8.45. The number of carbonyl (C=O) groups is 1. The van der Waals surface area contributed by atoms with E-state index in [9.17, 15) is 23.3 Å². The third kappa shape index (κ3) is 4.79. The minimum Gasteiger partial charge on any atom is -0.323 e. The molecule has 0 saturated heterocycles. The molecule has 1 amide bonds. The van der Waals surface area contributed by atoms with Gasteiger partial charge in [0.15, 0.2) is 0 Å². The van der Waals surface area contributed by atoms with E-state index in [0.717, 1.165) is 16.6 Å². The van der Waals surface area contributed by atoms with Crippen LogP contribution in [0.5, 0.6) is 0 Å². The van der Waals surface area contributed by atoms with Gasteiger partial charge in [0.2, 0.25) is 15.9 Å². The van der Waals surface area contributed by atoms with Gasteiger partial charge >= 0.3 is 0 Å². The number of nitrogens with zero attached hydrogens (tertiary/aromatic N) is 2. The maximum absolute atomic E-state index is 12.9. The summed E-state index contributed by atoms with van der Waals surface area (Å²) in [5, 5.41) is 14.1. The average Bonchev–Trinajstić information content (AvgIpc) is 2.61. The minimum atomic E-state index is -3.92. The topological polar surface area (TPSA) is 110 Å². The van der Waals surface area contributed by atoms with Crippen LogP contribution in [0.1, 0.15) is 18.9 Å². The Morgan fingerprint density at radius 1 is 1.29 bits per heavy atom. The smallest absolute Gasteiger partial charge is 0.271 e. The van der Waals surface area contributed by atoms with E-state index in [4.69, 9.17) is 11.6 Å². The van der Waals surface area contributed by atoms with Crippen LogP contribution in [-0.4, -0.2) is 31.5 Å². The number of nitro groups is 1. The number of carbonyl (C=O) groups excluding carboxylic acids is 1. The van der Waals surface area contributed by atoms with Gasteiger partial charge in [0.05, 0.1) is 27.6 Å². The molecular weight excluding hydrogens is 406 g/mol. The van der Waals surface area contributed by atoms with E-state index >= 15 is 0 Å².